The second kappa shape index (κ2) is 11.4. The first-order chi connectivity index (χ1) is 17.0. The molecule has 0 aliphatic heterocycles. The van der Waals surface area contributed by atoms with Crippen molar-refractivity contribution in [2.24, 2.45) is 11.8 Å². The van der Waals surface area contributed by atoms with Crippen molar-refractivity contribution < 1.29 is 29.0 Å². The monoisotopic (exact) mass is 480 g/mol. The van der Waals surface area contributed by atoms with Gasteiger partial charge in [-0.1, -0.05) is 55.0 Å². The standard InChI is InChI=1S/C27H32N2O6/c1-34-24(26(31)32)15-28-25(30)18-8-6-7-17(13-18)14-29-27(33)35-16-23-21-11-4-2-9-19(21)20-10-3-5-12-22(20)23/h2-5,9-12,17-18,23-24H,6-8,13-16H2,1H3,(H,28,30)(H,29,33)(H,31,32). The highest BCUT2D eigenvalue weighted by Crippen LogP contribution is 2.44. The highest BCUT2D eigenvalue weighted by molar-refractivity contribution is 5.80. The van der Waals surface area contributed by atoms with Gasteiger partial charge in [0, 0.05) is 25.5 Å². The summed E-state index contributed by atoms with van der Waals surface area (Å²) in [4.78, 5) is 36.0. The van der Waals surface area contributed by atoms with Gasteiger partial charge in [0.2, 0.25) is 5.91 Å². The van der Waals surface area contributed by atoms with E-state index in [0.717, 1.165) is 19.3 Å². The smallest absolute Gasteiger partial charge is 0.407 e. The number of hydrogen-bond donors (Lipinski definition) is 3. The van der Waals surface area contributed by atoms with Crippen molar-refractivity contribution in [3.63, 3.8) is 0 Å². The largest absolute Gasteiger partial charge is 0.479 e. The third kappa shape index (κ3) is 5.82. The number of fused-ring (bicyclic) bond motifs is 3. The molecule has 0 spiro atoms. The van der Waals surface area contributed by atoms with E-state index in [9.17, 15) is 14.4 Å². The van der Waals surface area contributed by atoms with Crippen molar-refractivity contribution in [3.05, 3.63) is 59.7 Å². The van der Waals surface area contributed by atoms with Crippen LogP contribution in [0.25, 0.3) is 11.1 Å². The van der Waals surface area contributed by atoms with Crippen LogP contribution in [0.1, 0.15) is 42.7 Å². The number of methoxy groups -OCH3 is 1. The lowest BCUT2D eigenvalue weighted by molar-refractivity contribution is -0.148. The summed E-state index contributed by atoms with van der Waals surface area (Å²) in [6, 6.07) is 16.4. The first kappa shape index (κ1) is 24.7. The Labute approximate surface area is 205 Å². The molecule has 8 nitrogen and oxygen atoms in total. The van der Waals surface area contributed by atoms with Gasteiger partial charge in [0.25, 0.3) is 0 Å². The third-order valence-corrected chi connectivity index (χ3v) is 7.05. The Morgan fingerprint density at radius 3 is 2.29 bits per heavy atom. The van der Waals surface area contributed by atoms with Crippen LogP contribution < -0.4 is 10.6 Å². The minimum Gasteiger partial charge on any atom is -0.479 e. The molecule has 2 amide bonds. The summed E-state index contributed by atoms with van der Waals surface area (Å²) < 4.78 is 10.5. The first-order valence-electron chi connectivity index (χ1n) is 12.1. The van der Waals surface area contributed by atoms with Crippen LogP contribution >= 0.6 is 0 Å². The van der Waals surface area contributed by atoms with E-state index in [4.69, 9.17) is 14.6 Å². The molecule has 1 saturated carbocycles. The highest BCUT2D eigenvalue weighted by Gasteiger charge is 2.30. The molecule has 0 aromatic heterocycles. The number of carboxylic acids is 1. The molecule has 2 aromatic rings. The molecule has 2 aliphatic carbocycles. The fraction of sp³-hybridized carbons (Fsp3) is 0.444. The molecule has 186 valence electrons. The van der Waals surface area contributed by atoms with Crippen LogP contribution in [-0.4, -0.2) is 56.0 Å². The molecule has 2 aromatic carbocycles. The summed E-state index contributed by atoms with van der Waals surface area (Å²) >= 11 is 0. The van der Waals surface area contributed by atoms with Crippen molar-refractivity contribution >= 4 is 18.0 Å². The summed E-state index contributed by atoms with van der Waals surface area (Å²) in [5.41, 5.74) is 4.70. The molecule has 1 fully saturated rings. The fourth-order valence-electron chi connectivity index (χ4n) is 5.20. The summed E-state index contributed by atoms with van der Waals surface area (Å²) in [6.45, 7) is 0.639. The molecule has 2 aliphatic rings. The molecule has 0 saturated heterocycles. The molecular weight excluding hydrogens is 448 g/mol. The second-order valence-electron chi connectivity index (χ2n) is 9.24. The lowest BCUT2D eigenvalue weighted by Gasteiger charge is -2.28. The van der Waals surface area contributed by atoms with Crippen LogP contribution in [0.2, 0.25) is 0 Å². The number of alkyl carbamates (subject to hydrolysis) is 1. The van der Waals surface area contributed by atoms with Gasteiger partial charge in [-0.25, -0.2) is 9.59 Å². The average Bonchev–Trinajstić information content (AvgIpc) is 3.20. The highest BCUT2D eigenvalue weighted by atomic mass is 16.5. The maximum Gasteiger partial charge on any atom is 0.407 e. The van der Waals surface area contributed by atoms with Crippen LogP contribution in [0.4, 0.5) is 4.79 Å². The predicted molar refractivity (Wildman–Crippen MR) is 130 cm³/mol. The Hall–Kier alpha value is -3.39. The minimum absolute atomic E-state index is 0.0117. The SMILES string of the molecule is COC(CNC(=O)C1CCCC(CNC(=O)OCC2c3ccccc3-c3ccccc32)C1)C(=O)O. The summed E-state index contributed by atoms with van der Waals surface area (Å²) in [6.07, 6.45) is 1.67. The Bertz CT molecular complexity index is 1030. The number of rotatable bonds is 9. The van der Waals surface area contributed by atoms with E-state index < -0.39 is 18.2 Å². The third-order valence-electron chi connectivity index (χ3n) is 7.05. The van der Waals surface area contributed by atoms with Gasteiger partial charge in [-0.15, -0.1) is 0 Å². The average molecular weight is 481 g/mol. The zero-order valence-corrected chi connectivity index (χ0v) is 19.9. The van der Waals surface area contributed by atoms with Gasteiger partial charge in [0.15, 0.2) is 6.10 Å². The van der Waals surface area contributed by atoms with Gasteiger partial charge in [0.05, 0.1) is 6.54 Å². The number of carbonyl (C=O) groups excluding carboxylic acids is 2. The Morgan fingerprint density at radius 1 is 1.00 bits per heavy atom. The van der Waals surface area contributed by atoms with E-state index in [0.29, 0.717) is 13.0 Å². The van der Waals surface area contributed by atoms with Gasteiger partial charge in [-0.05, 0) is 47.4 Å². The lowest BCUT2D eigenvalue weighted by Crippen LogP contribution is -2.42. The topological polar surface area (TPSA) is 114 Å². The van der Waals surface area contributed by atoms with E-state index in [1.807, 2.05) is 24.3 Å². The van der Waals surface area contributed by atoms with E-state index >= 15 is 0 Å². The molecule has 0 bridgehead atoms. The molecule has 3 atom stereocenters. The Morgan fingerprint density at radius 2 is 1.66 bits per heavy atom. The molecule has 0 heterocycles. The van der Waals surface area contributed by atoms with Crippen molar-refractivity contribution in [2.75, 3.05) is 26.8 Å². The zero-order chi connectivity index (χ0) is 24.8. The van der Waals surface area contributed by atoms with Crippen LogP contribution in [0.3, 0.4) is 0 Å². The van der Waals surface area contributed by atoms with Gasteiger partial charge in [-0.2, -0.15) is 0 Å². The number of carbonyl (C=O) groups is 3. The number of ether oxygens (including phenoxy) is 2. The predicted octanol–water partition coefficient (Wildman–Crippen LogP) is 3.55. The van der Waals surface area contributed by atoms with Crippen LogP contribution in [0.5, 0.6) is 0 Å². The molecule has 35 heavy (non-hydrogen) atoms. The molecule has 8 heteroatoms. The molecule has 3 N–H and O–H groups in total. The number of amides is 2. The normalized spacial score (nSPS) is 19.8. The van der Waals surface area contributed by atoms with E-state index in [2.05, 4.69) is 34.9 Å². The minimum atomic E-state index is -1.11. The molecule has 3 unspecified atom stereocenters. The van der Waals surface area contributed by atoms with Crippen LogP contribution in [-0.2, 0) is 19.1 Å². The summed E-state index contributed by atoms with van der Waals surface area (Å²) in [5.74, 6) is -1.31. The van der Waals surface area contributed by atoms with Gasteiger partial charge in [0.1, 0.15) is 6.61 Å². The van der Waals surface area contributed by atoms with Crippen molar-refractivity contribution in [1.82, 2.24) is 10.6 Å². The van der Waals surface area contributed by atoms with E-state index in [1.54, 1.807) is 0 Å². The summed E-state index contributed by atoms with van der Waals surface area (Å²) in [5, 5.41) is 14.6. The van der Waals surface area contributed by atoms with Gasteiger partial charge < -0.3 is 25.2 Å². The van der Waals surface area contributed by atoms with Crippen molar-refractivity contribution in [2.45, 2.75) is 37.7 Å². The van der Waals surface area contributed by atoms with Crippen molar-refractivity contribution in [1.29, 1.82) is 0 Å². The fourth-order valence-corrected chi connectivity index (χ4v) is 5.20. The second-order valence-corrected chi connectivity index (χ2v) is 9.24. The van der Waals surface area contributed by atoms with Gasteiger partial charge in [-0.3, -0.25) is 4.79 Å². The number of benzene rings is 2. The summed E-state index contributed by atoms with van der Waals surface area (Å²) in [7, 11) is 1.30. The maximum absolute atomic E-state index is 12.5. The quantitative estimate of drug-likeness (QED) is 0.506. The van der Waals surface area contributed by atoms with Crippen molar-refractivity contribution in [3.8, 4) is 11.1 Å². The first-order valence-corrected chi connectivity index (χ1v) is 12.1. The molecule has 4 rings (SSSR count). The number of aliphatic carboxylic acids is 1. The maximum atomic E-state index is 12.5. The lowest BCUT2D eigenvalue weighted by atomic mass is 9.81. The Balaban J connectivity index is 1.24. The van der Waals surface area contributed by atoms with E-state index in [-0.39, 0.29) is 36.8 Å². The number of nitrogens with one attached hydrogen (secondary N) is 2. The zero-order valence-electron chi connectivity index (χ0n) is 19.9. The molecular formula is C27H32N2O6. The van der Waals surface area contributed by atoms with Gasteiger partial charge >= 0.3 is 12.1 Å². The number of carboxylic acid groups (broad SMARTS) is 1. The Kier molecular flexibility index (Phi) is 8.02. The number of hydrogen-bond acceptors (Lipinski definition) is 5. The van der Waals surface area contributed by atoms with Crippen LogP contribution in [0.15, 0.2) is 48.5 Å². The van der Waals surface area contributed by atoms with E-state index in [1.165, 1.54) is 29.4 Å². The molecule has 0 radical (unpaired) electrons. The van der Waals surface area contributed by atoms with Crippen LogP contribution in [0, 0.1) is 11.8 Å².